The number of amides is 1. The monoisotopic (exact) mass is 424 g/mol. The Morgan fingerprint density at radius 2 is 2.00 bits per heavy atom. The molecule has 1 unspecified atom stereocenters. The lowest BCUT2D eigenvalue weighted by Gasteiger charge is -2.22. The number of furan rings is 1. The normalized spacial score (nSPS) is 15.6. The van der Waals surface area contributed by atoms with Crippen molar-refractivity contribution < 1.29 is 18.3 Å². The van der Waals surface area contributed by atoms with Crippen LogP contribution in [0.1, 0.15) is 56.0 Å². The Balaban J connectivity index is 2.08. The Hall–Kier alpha value is -3.02. The van der Waals surface area contributed by atoms with Crippen LogP contribution >= 0.6 is 0 Å². The molecule has 31 heavy (non-hydrogen) atoms. The van der Waals surface area contributed by atoms with Gasteiger partial charge in [-0.25, -0.2) is 4.39 Å². The quantitative estimate of drug-likeness (QED) is 0.550. The van der Waals surface area contributed by atoms with Crippen LogP contribution in [0.2, 0.25) is 0 Å². The minimum absolute atomic E-state index is 0.00662. The number of hydrogen-bond acceptors (Lipinski definition) is 4. The zero-order chi connectivity index (χ0) is 22.3. The van der Waals surface area contributed by atoms with E-state index >= 15 is 0 Å². The van der Waals surface area contributed by atoms with E-state index in [2.05, 4.69) is 24.1 Å². The first-order chi connectivity index (χ1) is 14.9. The molecule has 0 saturated heterocycles. The minimum Gasteiger partial charge on any atom is -0.489 e. The number of benzene rings is 2. The van der Waals surface area contributed by atoms with E-state index in [1.54, 1.807) is 19.2 Å². The van der Waals surface area contributed by atoms with Crippen molar-refractivity contribution in [3.05, 3.63) is 47.3 Å². The molecular formula is C25H29FN2O3. The highest BCUT2D eigenvalue weighted by molar-refractivity contribution is 6.13. The van der Waals surface area contributed by atoms with Crippen molar-refractivity contribution in [3.8, 4) is 17.1 Å². The summed E-state index contributed by atoms with van der Waals surface area (Å²) in [5.74, 6) is 0.916. The Labute approximate surface area is 182 Å². The van der Waals surface area contributed by atoms with Gasteiger partial charge in [-0.15, -0.1) is 0 Å². The molecule has 1 amide bonds. The number of fused-ring (bicyclic) bond motifs is 3. The first kappa shape index (κ1) is 21.2. The van der Waals surface area contributed by atoms with E-state index in [9.17, 15) is 9.18 Å². The molecular weight excluding hydrogens is 395 g/mol. The lowest BCUT2D eigenvalue weighted by Crippen LogP contribution is -2.22. The molecule has 0 aliphatic carbocycles. The van der Waals surface area contributed by atoms with Crippen LogP contribution in [0.4, 0.5) is 10.1 Å². The van der Waals surface area contributed by atoms with Gasteiger partial charge in [-0.1, -0.05) is 6.92 Å². The van der Waals surface area contributed by atoms with E-state index in [-0.39, 0.29) is 23.7 Å². The molecule has 5 nitrogen and oxygen atoms in total. The van der Waals surface area contributed by atoms with Crippen LogP contribution in [0.3, 0.4) is 0 Å². The molecule has 4 rings (SSSR count). The predicted molar refractivity (Wildman–Crippen MR) is 122 cm³/mol. The maximum atomic E-state index is 13.5. The maximum absolute atomic E-state index is 13.5. The number of nitrogens with one attached hydrogen (secondary N) is 1. The molecule has 1 atom stereocenters. The lowest BCUT2D eigenvalue weighted by molar-refractivity contribution is 0.0964. The van der Waals surface area contributed by atoms with Crippen LogP contribution < -0.4 is 15.0 Å². The Morgan fingerprint density at radius 3 is 2.58 bits per heavy atom. The van der Waals surface area contributed by atoms with Crippen LogP contribution in [0, 0.1) is 5.82 Å². The highest BCUT2D eigenvalue weighted by Gasteiger charge is 2.36. The van der Waals surface area contributed by atoms with Crippen LogP contribution in [0.25, 0.3) is 22.3 Å². The maximum Gasteiger partial charge on any atom is 0.255 e. The third-order valence-corrected chi connectivity index (χ3v) is 5.92. The highest BCUT2D eigenvalue weighted by atomic mass is 19.1. The molecule has 1 aliphatic heterocycles. The second-order valence-electron chi connectivity index (χ2n) is 8.22. The third-order valence-electron chi connectivity index (χ3n) is 5.92. The minimum atomic E-state index is -0.334. The first-order valence-electron chi connectivity index (χ1n) is 10.9. The third kappa shape index (κ3) is 3.54. The molecule has 3 aromatic rings. The van der Waals surface area contributed by atoms with E-state index in [0.717, 1.165) is 41.9 Å². The van der Waals surface area contributed by atoms with E-state index < -0.39 is 0 Å². The molecule has 2 heterocycles. The van der Waals surface area contributed by atoms with E-state index in [0.29, 0.717) is 22.5 Å². The number of carbonyl (C=O) groups is 1. The van der Waals surface area contributed by atoms with Crippen molar-refractivity contribution in [1.29, 1.82) is 0 Å². The van der Waals surface area contributed by atoms with Gasteiger partial charge in [0.15, 0.2) is 0 Å². The smallest absolute Gasteiger partial charge is 0.255 e. The molecule has 6 heteroatoms. The number of likely N-dealkylation sites (N-methyl/N-ethyl adjacent to an activating group) is 1. The number of rotatable bonds is 6. The van der Waals surface area contributed by atoms with Gasteiger partial charge in [0, 0.05) is 42.6 Å². The van der Waals surface area contributed by atoms with Crippen LogP contribution in [-0.4, -0.2) is 32.1 Å². The van der Waals surface area contributed by atoms with Gasteiger partial charge in [-0.2, -0.15) is 0 Å². The molecule has 0 saturated carbocycles. The lowest BCUT2D eigenvalue weighted by atomic mass is 9.95. The van der Waals surface area contributed by atoms with Gasteiger partial charge in [0.25, 0.3) is 5.91 Å². The highest BCUT2D eigenvalue weighted by Crippen LogP contribution is 2.51. The summed E-state index contributed by atoms with van der Waals surface area (Å²) < 4.78 is 26.2. The van der Waals surface area contributed by atoms with Crippen molar-refractivity contribution in [2.75, 3.05) is 25.0 Å². The van der Waals surface area contributed by atoms with Gasteiger partial charge in [-0.3, -0.25) is 4.79 Å². The fourth-order valence-electron chi connectivity index (χ4n) is 4.49. The number of nitrogens with zero attached hydrogens (tertiary/aromatic N) is 1. The molecule has 0 fully saturated rings. The largest absolute Gasteiger partial charge is 0.489 e. The van der Waals surface area contributed by atoms with E-state index in [1.807, 2.05) is 19.9 Å². The van der Waals surface area contributed by atoms with Crippen LogP contribution in [0.5, 0.6) is 5.75 Å². The van der Waals surface area contributed by atoms with E-state index in [1.165, 1.54) is 12.1 Å². The molecule has 1 aliphatic rings. The van der Waals surface area contributed by atoms with Gasteiger partial charge >= 0.3 is 0 Å². The summed E-state index contributed by atoms with van der Waals surface area (Å²) in [5, 5.41) is 3.46. The standard InChI is InChI=1S/C25H29FN2O3/c1-6-15-13-28(7-2)22-19(30-14(3)4)12-18-21(25(29)27-5)23(31-24(18)20(15)22)16-8-10-17(26)11-9-16/h8-12,14-15H,6-7,13H2,1-5H3,(H,27,29). The summed E-state index contributed by atoms with van der Waals surface area (Å²) in [6.45, 7) is 10.0. The Morgan fingerprint density at radius 1 is 1.29 bits per heavy atom. The summed E-state index contributed by atoms with van der Waals surface area (Å²) in [4.78, 5) is 15.3. The average molecular weight is 425 g/mol. The molecule has 0 spiro atoms. The molecule has 1 aromatic heterocycles. The summed E-state index contributed by atoms with van der Waals surface area (Å²) in [6, 6.07) is 7.96. The Kier molecular flexibility index (Phi) is 5.65. The van der Waals surface area contributed by atoms with Crippen molar-refractivity contribution in [2.45, 2.75) is 46.1 Å². The molecule has 1 N–H and O–H groups in total. The molecule has 164 valence electrons. The summed E-state index contributed by atoms with van der Waals surface area (Å²) in [5.41, 5.74) is 3.97. The fraction of sp³-hybridized carbons (Fsp3) is 0.400. The fourth-order valence-corrected chi connectivity index (χ4v) is 4.49. The summed E-state index contributed by atoms with van der Waals surface area (Å²) in [7, 11) is 1.60. The van der Waals surface area contributed by atoms with E-state index in [4.69, 9.17) is 9.15 Å². The van der Waals surface area contributed by atoms with Gasteiger partial charge in [0.05, 0.1) is 17.4 Å². The number of anilines is 1. The van der Waals surface area contributed by atoms with Crippen molar-refractivity contribution >= 4 is 22.6 Å². The van der Waals surface area contributed by atoms with Gasteiger partial charge in [-0.05, 0) is 57.5 Å². The summed E-state index contributed by atoms with van der Waals surface area (Å²) >= 11 is 0. The molecule has 0 radical (unpaired) electrons. The van der Waals surface area contributed by atoms with Gasteiger partial charge in [0.2, 0.25) is 0 Å². The zero-order valence-corrected chi connectivity index (χ0v) is 18.7. The predicted octanol–water partition coefficient (Wildman–Crippen LogP) is 5.72. The van der Waals surface area contributed by atoms with Gasteiger partial charge in [0.1, 0.15) is 22.9 Å². The number of ether oxygens (including phenoxy) is 1. The second-order valence-corrected chi connectivity index (χ2v) is 8.22. The first-order valence-corrected chi connectivity index (χ1v) is 10.9. The van der Waals surface area contributed by atoms with Gasteiger partial charge < -0.3 is 19.4 Å². The number of carbonyl (C=O) groups excluding carboxylic acids is 1. The van der Waals surface area contributed by atoms with Crippen molar-refractivity contribution in [2.24, 2.45) is 0 Å². The van der Waals surface area contributed by atoms with Crippen LogP contribution in [0.15, 0.2) is 34.7 Å². The second kappa shape index (κ2) is 8.25. The Bertz CT molecular complexity index is 1120. The van der Waals surface area contributed by atoms with Crippen molar-refractivity contribution in [3.63, 3.8) is 0 Å². The number of halogens is 1. The molecule has 2 aromatic carbocycles. The van der Waals surface area contributed by atoms with Crippen LogP contribution in [-0.2, 0) is 0 Å². The average Bonchev–Trinajstić information content (AvgIpc) is 3.32. The zero-order valence-electron chi connectivity index (χ0n) is 18.7. The van der Waals surface area contributed by atoms with Crippen molar-refractivity contribution in [1.82, 2.24) is 5.32 Å². The molecule has 0 bridgehead atoms. The SMILES string of the molecule is CCC1CN(CC)c2c(OC(C)C)cc3c(C(=O)NC)c(-c4ccc(F)cc4)oc3c21. The number of hydrogen-bond donors (Lipinski definition) is 1. The topological polar surface area (TPSA) is 54.7 Å². The summed E-state index contributed by atoms with van der Waals surface area (Å²) in [6.07, 6.45) is 0.943.